The summed E-state index contributed by atoms with van der Waals surface area (Å²) in [6.07, 6.45) is 0.324. The van der Waals surface area contributed by atoms with Gasteiger partial charge in [-0.15, -0.1) is 5.06 Å². The van der Waals surface area contributed by atoms with Gasteiger partial charge in [-0.3, -0.25) is 4.79 Å². The summed E-state index contributed by atoms with van der Waals surface area (Å²) in [6, 6.07) is 12.8. The summed E-state index contributed by atoms with van der Waals surface area (Å²) in [6.45, 7) is 6.76. The number of thiazole rings is 1. The van der Waals surface area contributed by atoms with E-state index in [-0.39, 0.29) is 5.91 Å². The van der Waals surface area contributed by atoms with Gasteiger partial charge >= 0.3 is 5.97 Å². The van der Waals surface area contributed by atoms with E-state index < -0.39 is 11.6 Å². The number of methoxy groups -OCH3 is 1. The summed E-state index contributed by atoms with van der Waals surface area (Å²) in [4.78, 5) is 34.3. The molecule has 1 aromatic heterocycles. The van der Waals surface area contributed by atoms with Crippen LogP contribution in [0.4, 0.5) is 5.13 Å². The summed E-state index contributed by atoms with van der Waals surface area (Å²) in [5.74, 6) is 5.16. The van der Waals surface area contributed by atoms with Gasteiger partial charge in [-0.2, -0.15) is 0 Å². The number of carbonyl (C=O) groups excluding carboxylic acids is 2. The SMILES string of the molecule is COc1cc(CC#CC(=O)OC(C)(C)C)ccc1ON(C(C)=O)c1nc2ccccc2s1. The third-order valence-electron chi connectivity index (χ3n) is 4.04. The van der Waals surface area contributed by atoms with E-state index in [0.717, 1.165) is 20.8 Å². The van der Waals surface area contributed by atoms with E-state index in [2.05, 4.69) is 16.8 Å². The summed E-state index contributed by atoms with van der Waals surface area (Å²) >= 11 is 1.35. The van der Waals surface area contributed by atoms with Gasteiger partial charge in [-0.1, -0.05) is 35.5 Å². The van der Waals surface area contributed by atoms with E-state index in [4.69, 9.17) is 14.3 Å². The van der Waals surface area contributed by atoms with Gasteiger partial charge in [0, 0.05) is 19.3 Å². The predicted molar refractivity (Wildman–Crippen MR) is 124 cm³/mol. The largest absolute Gasteiger partial charge is 0.493 e. The van der Waals surface area contributed by atoms with Crippen molar-refractivity contribution in [2.75, 3.05) is 12.2 Å². The fourth-order valence-corrected chi connectivity index (χ4v) is 3.66. The molecule has 0 atom stereocenters. The second kappa shape index (κ2) is 9.71. The number of aromatic nitrogens is 1. The van der Waals surface area contributed by atoms with Gasteiger partial charge in [0.25, 0.3) is 5.91 Å². The lowest BCUT2D eigenvalue weighted by Gasteiger charge is -2.19. The zero-order chi connectivity index (χ0) is 23.3. The average molecular weight is 453 g/mol. The Morgan fingerprint density at radius 2 is 1.88 bits per heavy atom. The molecule has 0 fully saturated rings. The first kappa shape index (κ1) is 23.1. The third-order valence-corrected chi connectivity index (χ3v) is 5.05. The molecule has 0 saturated carbocycles. The van der Waals surface area contributed by atoms with Gasteiger partial charge in [0.2, 0.25) is 5.13 Å². The molecule has 3 rings (SSSR count). The van der Waals surface area contributed by atoms with E-state index in [0.29, 0.717) is 23.1 Å². The van der Waals surface area contributed by atoms with Crippen LogP contribution in [0.5, 0.6) is 11.5 Å². The normalized spacial score (nSPS) is 10.8. The molecule has 0 bridgehead atoms. The lowest BCUT2D eigenvalue weighted by atomic mass is 10.1. The van der Waals surface area contributed by atoms with Crippen molar-refractivity contribution in [1.82, 2.24) is 4.98 Å². The highest BCUT2D eigenvalue weighted by molar-refractivity contribution is 7.22. The van der Waals surface area contributed by atoms with E-state index in [1.165, 1.54) is 25.4 Å². The van der Waals surface area contributed by atoms with Gasteiger partial charge in [0.05, 0.1) is 17.3 Å². The molecule has 166 valence electrons. The van der Waals surface area contributed by atoms with Crippen LogP contribution in [0.15, 0.2) is 42.5 Å². The molecule has 7 nitrogen and oxygen atoms in total. The molecule has 32 heavy (non-hydrogen) atoms. The van der Waals surface area contributed by atoms with Crippen LogP contribution in [-0.4, -0.2) is 29.6 Å². The first-order valence-electron chi connectivity index (χ1n) is 9.89. The summed E-state index contributed by atoms with van der Waals surface area (Å²) in [5.41, 5.74) is 1.02. The zero-order valence-electron chi connectivity index (χ0n) is 18.6. The molecule has 2 aromatic carbocycles. The molecule has 0 N–H and O–H groups in total. The highest BCUT2D eigenvalue weighted by Gasteiger charge is 2.21. The Kier molecular flexibility index (Phi) is 7.01. The number of rotatable bonds is 5. The van der Waals surface area contributed by atoms with Crippen LogP contribution in [0.1, 0.15) is 33.3 Å². The summed E-state index contributed by atoms with van der Waals surface area (Å²) in [5, 5.41) is 1.57. The number of carbonyl (C=O) groups is 2. The van der Waals surface area contributed by atoms with Crippen molar-refractivity contribution in [3.05, 3.63) is 48.0 Å². The molecule has 0 radical (unpaired) electrons. The van der Waals surface area contributed by atoms with Crippen molar-refractivity contribution in [1.29, 1.82) is 0 Å². The van der Waals surface area contributed by atoms with Crippen molar-refractivity contribution >= 4 is 38.6 Å². The zero-order valence-corrected chi connectivity index (χ0v) is 19.4. The monoisotopic (exact) mass is 452 g/mol. The van der Waals surface area contributed by atoms with Gasteiger partial charge in [0.1, 0.15) is 5.60 Å². The van der Waals surface area contributed by atoms with Crippen LogP contribution in [0.25, 0.3) is 10.2 Å². The number of benzene rings is 2. The Hall–Kier alpha value is -3.57. The molecule has 1 amide bonds. The van der Waals surface area contributed by atoms with E-state index in [9.17, 15) is 9.59 Å². The maximum absolute atomic E-state index is 12.3. The minimum atomic E-state index is -0.584. The number of nitrogens with zero attached hydrogens (tertiary/aromatic N) is 2. The number of anilines is 1. The topological polar surface area (TPSA) is 78.0 Å². The van der Waals surface area contributed by atoms with E-state index >= 15 is 0 Å². The van der Waals surface area contributed by atoms with Crippen LogP contribution < -0.4 is 14.6 Å². The number of fused-ring (bicyclic) bond motifs is 1. The number of amides is 1. The smallest absolute Gasteiger partial charge is 0.384 e. The van der Waals surface area contributed by atoms with Crippen molar-refractivity contribution < 1.29 is 23.9 Å². The Labute approximate surface area is 190 Å². The number of ether oxygens (including phenoxy) is 2. The van der Waals surface area contributed by atoms with Crippen molar-refractivity contribution in [3.8, 4) is 23.3 Å². The van der Waals surface area contributed by atoms with Crippen molar-refractivity contribution in [2.45, 2.75) is 39.7 Å². The molecule has 1 heterocycles. The van der Waals surface area contributed by atoms with Crippen LogP contribution in [-0.2, 0) is 20.7 Å². The molecule has 0 unspecified atom stereocenters. The Balaban J connectivity index is 1.77. The van der Waals surface area contributed by atoms with E-state index in [1.807, 2.05) is 24.3 Å². The third kappa shape index (κ3) is 5.99. The number of hydrogen-bond acceptors (Lipinski definition) is 7. The van der Waals surface area contributed by atoms with Crippen LogP contribution >= 0.6 is 11.3 Å². The Morgan fingerprint density at radius 1 is 1.12 bits per heavy atom. The fraction of sp³-hybridized carbons (Fsp3) is 0.292. The van der Waals surface area contributed by atoms with Gasteiger partial charge < -0.3 is 14.3 Å². The summed E-state index contributed by atoms with van der Waals surface area (Å²) in [7, 11) is 1.51. The average Bonchev–Trinajstić information content (AvgIpc) is 3.14. The van der Waals surface area contributed by atoms with Gasteiger partial charge in [-0.25, -0.2) is 9.78 Å². The van der Waals surface area contributed by atoms with Crippen LogP contribution in [0.2, 0.25) is 0 Å². The van der Waals surface area contributed by atoms with Crippen LogP contribution in [0, 0.1) is 11.8 Å². The lowest BCUT2D eigenvalue weighted by Crippen LogP contribution is -2.32. The number of hydrogen-bond donors (Lipinski definition) is 0. The standard InChI is InChI=1S/C24H24N2O5S/c1-16(27)26(23-25-18-10-6-7-11-21(18)32-23)31-19-14-13-17(15-20(19)29-5)9-8-12-22(28)30-24(2,3)4/h6-7,10-11,13-15H,9H2,1-5H3. The maximum atomic E-state index is 12.3. The van der Waals surface area contributed by atoms with Crippen molar-refractivity contribution in [2.24, 2.45) is 0 Å². The quantitative estimate of drug-likeness (QED) is 0.245. The second-order valence-corrected chi connectivity index (χ2v) is 8.84. The number of hydroxylamine groups is 1. The minimum Gasteiger partial charge on any atom is -0.493 e. The van der Waals surface area contributed by atoms with E-state index in [1.54, 1.807) is 39.0 Å². The molecule has 0 aliphatic heterocycles. The first-order valence-corrected chi connectivity index (χ1v) is 10.7. The van der Waals surface area contributed by atoms with Crippen molar-refractivity contribution in [3.63, 3.8) is 0 Å². The predicted octanol–water partition coefficient (Wildman–Crippen LogP) is 4.54. The molecule has 8 heteroatoms. The van der Waals surface area contributed by atoms with Gasteiger partial charge in [0.15, 0.2) is 11.5 Å². The molecule has 0 aliphatic rings. The molecule has 3 aromatic rings. The highest BCUT2D eigenvalue weighted by atomic mass is 32.1. The first-order chi connectivity index (χ1) is 15.2. The minimum absolute atomic E-state index is 0.321. The molecule has 0 saturated heterocycles. The Bertz CT molecular complexity index is 1170. The lowest BCUT2D eigenvalue weighted by molar-refractivity contribution is -0.147. The van der Waals surface area contributed by atoms with Gasteiger partial charge in [-0.05, 0) is 50.6 Å². The molecular formula is C24H24N2O5S. The second-order valence-electron chi connectivity index (χ2n) is 7.83. The Morgan fingerprint density at radius 3 is 2.53 bits per heavy atom. The number of esters is 1. The molecule has 0 spiro atoms. The van der Waals surface area contributed by atoms with Crippen LogP contribution in [0.3, 0.4) is 0 Å². The molecular weight excluding hydrogens is 428 g/mol. The highest BCUT2D eigenvalue weighted by Crippen LogP contribution is 2.33. The maximum Gasteiger partial charge on any atom is 0.384 e. The fourth-order valence-electron chi connectivity index (χ4n) is 2.70. The molecule has 0 aliphatic carbocycles. The summed E-state index contributed by atoms with van der Waals surface area (Å²) < 4.78 is 11.6. The number of para-hydroxylation sites is 1.